The number of carbonyl (C=O) groups is 1. The number of nitrogens with one attached hydrogen (secondary N) is 3. The van der Waals surface area contributed by atoms with Crippen LogP contribution in [-0.2, 0) is 17.9 Å². The minimum absolute atomic E-state index is 0.311. The molecule has 34 heavy (non-hydrogen) atoms. The molecule has 0 aliphatic rings. The minimum Gasteiger partial charge on any atom is -0.368 e. The summed E-state index contributed by atoms with van der Waals surface area (Å²) in [5.74, 6) is 0.859. The molecule has 4 rings (SSSR count). The summed E-state index contributed by atoms with van der Waals surface area (Å²) >= 11 is 0. The van der Waals surface area contributed by atoms with Gasteiger partial charge in [-0.2, -0.15) is 9.97 Å². The second-order valence-electron chi connectivity index (χ2n) is 8.04. The van der Waals surface area contributed by atoms with E-state index in [9.17, 15) is 4.79 Å². The van der Waals surface area contributed by atoms with E-state index >= 15 is 0 Å². The summed E-state index contributed by atoms with van der Waals surface area (Å²) in [6, 6.07) is 20.3. The maximum absolute atomic E-state index is 11.1. The van der Waals surface area contributed by atoms with Crippen molar-refractivity contribution < 1.29 is 10.0 Å². The summed E-state index contributed by atoms with van der Waals surface area (Å²) in [5.41, 5.74) is 5.46. The third-order valence-electron chi connectivity index (χ3n) is 5.45. The molecule has 0 aliphatic heterocycles. The molecule has 0 saturated carbocycles. The van der Waals surface area contributed by atoms with E-state index in [0.717, 1.165) is 29.6 Å². The summed E-state index contributed by atoms with van der Waals surface area (Å²) in [6.07, 6.45) is 4.54. The highest BCUT2D eigenvalue weighted by Crippen LogP contribution is 2.22. The van der Waals surface area contributed by atoms with Crippen molar-refractivity contribution in [1.29, 1.82) is 0 Å². The van der Waals surface area contributed by atoms with E-state index in [1.54, 1.807) is 11.8 Å². The van der Waals surface area contributed by atoms with E-state index in [4.69, 9.17) is 10.2 Å². The number of rotatable bonds is 12. The highest BCUT2D eigenvalue weighted by Gasteiger charge is 2.14. The lowest BCUT2D eigenvalue weighted by molar-refractivity contribution is -0.129. The second-order valence-corrected chi connectivity index (χ2v) is 8.04. The number of hydrogen-bond acceptors (Lipinski definition) is 7. The molecule has 1 amide bonds. The van der Waals surface area contributed by atoms with E-state index in [-0.39, 0.29) is 5.91 Å². The van der Waals surface area contributed by atoms with Crippen LogP contribution in [0.4, 0.5) is 11.8 Å². The van der Waals surface area contributed by atoms with Gasteiger partial charge in [-0.05, 0) is 24.0 Å². The Morgan fingerprint density at radius 2 is 1.62 bits per heavy atom. The number of hydroxylamine groups is 1. The van der Waals surface area contributed by atoms with E-state index in [1.165, 1.54) is 5.56 Å². The number of imidazole rings is 1. The maximum Gasteiger partial charge on any atom is 0.243 e. The molecular formula is C25H29N7O2. The molecule has 0 bridgehead atoms. The van der Waals surface area contributed by atoms with E-state index in [1.807, 2.05) is 41.0 Å². The maximum atomic E-state index is 11.1. The molecule has 0 saturated heterocycles. The fourth-order valence-corrected chi connectivity index (χ4v) is 3.67. The fraction of sp³-hybridized carbons (Fsp3) is 0.280. The Kier molecular flexibility index (Phi) is 8.02. The first-order chi connectivity index (χ1) is 16.7. The number of hydrogen-bond donors (Lipinski definition) is 4. The van der Waals surface area contributed by atoms with Gasteiger partial charge < -0.3 is 15.2 Å². The van der Waals surface area contributed by atoms with E-state index < -0.39 is 0 Å². The van der Waals surface area contributed by atoms with Crippen molar-refractivity contribution in [2.24, 2.45) is 0 Å². The van der Waals surface area contributed by atoms with Gasteiger partial charge in [0.05, 0.1) is 12.9 Å². The molecule has 4 N–H and O–H groups in total. The molecule has 9 heteroatoms. The highest BCUT2D eigenvalue weighted by atomic mass is 16.5. The lowest BCUT2D eigenvalue weighted by Gasteiger charge is -2.11. The zero-order chi connectivity index (χ0) is 23.6. The van der Waals surface area contributed by atoms with Gasteiger partial charge in [0, 0.05) is 19.5 Å². The van der Waals surface area contributed by atoms with Crippen LogP contribution in [0, 0.1) is 0 Å². The summed E-state index contributed by atoms with van der Waals surface area (Å²) in [4.78, 5) is 25.2. The van der Waals surface area contributed by atoms with Crippen LogP contribution in [0.3, 0.4) is 0 Å². The number of anilines is 2. The number of fused-ring (bicyclic) bond motifs is 1. The van der Waals surface area contributed by atoms with Gasteiger partial charge in [0.25, 0.3) is 0 Å². The van der Waals surface area contributed by atoms with Crippen LogP contribution in [0.5, 0.6) is 0 Å². The average molecular weight is 460 g/mol. The molecule has 0 spiro atoms. The normalized spacial score (nSPS) is 10.9. The third kappa shape index (κ3) is 6.29. The largest absolute Gasteiger partial charge is 0.368 e. The molecule has 0 radical (unpaired) electrons. The number of aromatic nitrogens is 4. The number of unbranched alkanes of at least 4 members (excludes halogenated alkanes) is 2. The predicted octanol–water partition coefficient (Wildman–Crippen LogP) is 3.96. The number of amides is 1. The number of carbonyl (C=O) groups excluding carboxylic acids is 1. The Morgan fingerprint density at radius 3 is 2.35 bits per heavy atom. The van der Waals surface area contributed by atoms with Crippen molar-refractivity contribution in [3.05, 3.63) is 78.1 Å². The number of benzene rings is 2. The van der Waals surface area contributed by atoms with Crippen molar-refractivity contribution in [1.82, 2.24) is 25.0 Å². The quantitative estimate of drug-likeness (QED) is 0.144. The monoisotopic (exact) mass is 459 g/mol. The summed E-state index contributed by atoms with van der Waals surface area (Å²) in [6.45, 7) is 1.97. The first-order valence-corrected chi connectivity index (χ1v) is 11.4. The van der Waals surface area contributed by atoms with Crippen molar-refractivity contribution in [2.45, 2.75) is 38.8 Å². The molecule has 0 atom stereocenters. The van der Waals surface area contributed by atoms with Crippen molar-refractivity contribution >= 4 is 28.8 Å². The summed E-state index contributed by atoms with van der Waals surface area (Å²) < 4.78 is 2.03. The van der Waals surface area contributed by atoms with Gasteiger partial charge in [-0.3, -0.25) is 10.0 Å². The third-order valence-corrected chi connectivity index (χ3v) is 5.45. The minimum atomic E-state index is -0.358. The smallest absolute Gasteiger partial charge is 0.243 e. The SMILES string of the molecule is O=C(CCCCCNc1nc(NCc2ccccc2)nc2c1ncn2Cc1ccccc1)NO. The molecule has 2 aromatic carbocycles. The topological polar surface area (TPSA) is 117 Å². The molecule has 4 aromatic rings. The Bertz CT molecular complexity index is 1200. The lowest BCUT2D eigenvalue weighted by atomic mass is 10.2. The Balaban J connectivity index is 1.49. The van der Waals surface area contributed by atoms with Crippen LogP contribution in [0.15, 0.2) is 67.0 Å². The standard InChI is InChI=1S/C25H29N7O2/c33-21(31-34)14-8-3-9-15-26-23-22-24(32(18-28-22)17-20-12-6-2-7-13-20)30-25(29-23)27-16-19-10-4-1-5-11-19/h1-2,4-7,10-13,18,34H,3,8-9,14-17H2,(H,31,33)(H2,26,27,29,30). The molecule has 0 fully saturated rings. The van der Waals surface area contributed by atoms with E-state index in [0.29, 0.717) is 44.2 Å². The first-order valence-electron chi connectivity index (χ1n) is 11.4. The van der Waals surface area contributed by atoms with Gasteiger partial charge in [0.1, 0.15) is 0 Å². The zero-order valence-electron chi connectivity index (χ0n) is 18.9. The van der Waals surface area contributed by atoms with Gasteiger partial charge in [-0.1, -0.05) is 67.1 Å². The van der Waals surface area contributed by atoms with Gasteiger partial charge in [-0.15, -0.1) is 0 Å². The summed E-state index contributed by atoms with van der Waals surface area (Å²) in [5, 5.41) is 15.3. The van der Waals surface area contributed by atoms with Gasteiger partial charge >= 0.3 is 0 Å². The molecule has 0 aliphatic carbocycles. The molecule has 0 unspecified atom stereocenters. The molecule has 2 aromatic heterocycles. The molecule has 176 valence electrons. The molecule has 9 nitrogen and oxygen atoms in total. The zero-order valence-corrected chi connectivity index (χ0v) is 18.9. The first kappa shape index (κ1) is 23.2. The van der Waals surface area contributed by atoms with Gasteiger partial charge in [0.15, 0.2) is 17.0 Å². The van der Waals surface area contributed by atoms with Crippen molar-refractivity contribution in [3.63, 3.8) is 0 Å². The molecule has 2 heterocycles. The van der Waals surface area contributed by atoms with Crippen LogP contribution in [0.25, 0.3) is 11.2 Å². The Labute approximate surface area is 198 Å². The molecular weight excluding hydrogens is 430 g/mol. The second kappa shape index (κ2) is 11.8. The predicted molar refractivity (Wildman–Crippen MR) is 132 cm³/mol. The van der Waals surface area contributed by atoms with Crippen molar-refractivity contribution in [3.8, 4) is 0 Å². The van der Waals surface area contributed by atoms with Crippen LogP contribution in [0.2, 0.25) is 0 Å². The number of nitrogens with zero attached hydrogens (tertiary/aromatic N) is 4. The van der Waals surface area contributed by atoms with Crippen LogP contribution in [-0.4, -0.2) is 37.2 Å². The van der Waals surface area contributed by atoms with Gasteiger partial charge in [0.2, 0.25) is 11.9 Å². The highest BCUT2D eigenvalue weighted by molar-refractivity contribution is 5.84. The Hall–Kier alpha value is -3.98. The lowest BCUT2D eigenvalue weighted by Crippen LogP contribution is -2.17. The van der Waals surface area contributed by atoms with Crippen molar-refractivity contribution in [2.75, 3.05) is 17.2 Å². The summed E-state index contributed by atoms with van der Waals surface area (Å²) in [7, 11) is 0. The Morgan fingerprint density at radius 1 is 0.882 bits per heavy atom. The van der Waals surface area contributed by atoms with Crippen LogP contribution < -0.4 is 16.1 Å². The van der Waals surface area contributed by atoms with Crippen LogP contribution in [0.1, 0.15) is 36.8 Å². The van der Waals surface area contributed by atoms with Gasteiger partial charge in [-0.25, -0.2) is 10.5 Å². The van der Waals surface area contributed by atoms with E-state index in [2.05, 4.69) is 44.9 Å². The fourth-order valence-electron chi connectivity index (χ4n) is 3.67. The average Bonchev–Trinajstić information content (AvgIpc) is 3.28. The van der Waals surface area contributed by atoms with Crippen LogP contribution >= 0.6 is 0 Å².